The lowest BCUT2D eigenvalue weighted by Crippen LogP contribution is -3.15. The first kappa shape index (κ1) is 14.4. The van der Waals surface area contributed by atoms with Gasteiger partial charge in [-0.25, -0.2) is 0 Å². The van der Waals surface area contributed by atoms with Gasteiger partial charge in [-0.15, -0.1) is 0 Å². The van der Waals surface area contributed by atoms with Crippen LogP contribution in [0.3, 0.4) is 0 Å². The van der Waals surface area contributed by atoms with Gasteiger partial charge < -0.3 is 10.0 Å². The maximum atomic E-state index is 9.29. The highest BCUT2D eigenvalue weighted by Crippen LogP contribution is 2.26. The molecule has 1 unspecified atom stereocenters. The number of phenols is 1. The van der Waals surface area contributed by atoms with Crippen molar-refractivity contribution in [1.29, 1.82) is 0 Å². The van der Waals surface area contributed by atoms with Gasteiger partial charge in [-0.1, -0.05) is 19.1 Å². The van der Waals surface area contributed by atoms with Crippen molar-refractivity contribution in [3.63, 3.8) is 0 Å². The largest absolute Gasteiger partial charge is 0.508 e. The van der Waals surface area contributed by atoms with E-state index < -0.39 is 0 Å². The average molecular weight is 262 g/mol. The van der Waals surface area contributed by atoms with E-state index in [2.05, 4.69) is 13.8 Å². The number of hydrogen-bond donors (Lipinski definition) is 2. The molecule has 19 heavy (non-hydrogen) atoms. The first-order chi connectivity index (χ1) is 9.19. The SMILES string of the molecule is CCC[NH+](CC1CC1)[C@@H](C)CCc1ccc(O)cc1. The molecule has 1 aromatic rings. The second kappa shape index (κ2) is 6.95. The van der Waals surface area contributed by atoms with Crippen LogP contribution in [0.4, 0.5) is 0 Å². The molecule has 0 amide bonds. The van der Waals surface area contributed by atoms with E-state index in [1.165, 1.54) is 44.3 Å². The predicted octanol–water partition coefficient (Wildman–Crippen LogP) is 2.42. The smallest absolute Gasteiger partial charge is 0.115 e. The molecule has 2 heteroatoms. The molecule has 2 N–H and O–H groups in total. The fraction of sp³-hybridized carbons (Fsp3) is 0.647. The Morgan fingerprint density at radius 1 is 1.26 bits per heavy atom. The van der Waals surface area contributed by atoms with Crippen molar-refractivity contribution in [2.75, 3.05) is 13.1 Å². The minimum Gasteiger partial charge on any atom is -0.508 e. The molecule has 0 aliphatic heterocycles. The Balaban J connectivity index is 1.80. The zero-order chi connectivity index (χ0) is 13.7. The van der Waals surface area contributed by atoms with Crippen LogP contribution in [0.5, 0.6) is 5.75 Å². The van der Waals surface area contributed by atoms with Gasteiger partial charge in [0.25, 0.3) is 0 Å². The number of aryl methyl sites for hydroxylation is 1. The van der Waals surface area contributed by atoms with Gasteiger partial charge in [0.2, 0.25) is 0 Å². The maximum Gasteiger partial charge on any atom is 0.115 e. The maximum absolute atomic E-state index is 9.29. The van der Waals surface area contributed by atoms with Crippen molar-refractivity contribution in [2.45, 2.75) is 52.0 Å². The van der Waals surface area contributed by atoms with Crippen LogP contribution in [0.1, 0.15) is 45.1 Å². The summed E-state index contributed by atoms with van der Waals surface area (Å²) in [6.07, 6.45) is 6.56. The molecule has 0 bridgehead atoms. The number of phenolic OH excluding ortho intramolecular Hbond substituents is 1. The second-order valence-corrected chi connectivity index (χ2v) is 6.16. The minimum absolute atomic E-state index is 0.365. The Labute approximate surface area is 117 Å². The molecule has 0 saturated heterocycles. The van der Waals surface area contributed by atoms with Crippen LogP contribution in [0, 0.1) is 5.92 Å². The molecule has 0 heterocycles. The van der Waals surface area contributed by atoms with Crippen molar-refractivity contribution in [3.05, 3.63) is 29.8 Å². The van der Waals surface area contributed by atoms with Gasteiger partial charge in [0.05, 0.1) is 19.1 Å². The highest BCUT2D eigenvalue weighted by atomic mass is 16.3. The third-order valence-corrected chi connectivity index (χ3v) is 4.32. The summed E-state index contributed by atoms with van der Waals surface area (Å²) in [5.41, 5.74) is 1.34. The molecule has 1 fully saturated rings. The summed E-state index contributed by atoms with van der Waals surface area (Å²) in [6.45, 7) is 7.38. The van der Waals surface area contributed by atoms with Crippen LogP contribution in [0.15, 0.2) is 24.3 Å². The van der Waals surface area contributed by atoms with E-state index in [0.29, 0.717) is 5.75 Å². The van der Waals surface area contributed by atoms with Crippen LogP contribution in [0.2, 0.25) is 0 Å². The highest BCUT2D eigenvalue weighted by molar-refractivity contribution is 5.25. The van der Waals surface area contributed by atoms with E-state index >= 15 is 0 Å². The summed E-state index contributed by atoms with van der Waals surface area (Å²) in [5.74, 6) is 1.38. The number of rotatable bonds is 8. The predicted molar refractivity (Wildman–Crippen MR) is 79.6 cm³/mol. The van der Waals surface area contributed by atoms with Gasteiger partial charge in [-0.3, -0.25) is 0 Å². The van der Waals surface area contributed by atoms with Gasteiger partial charge >= 0.3 is 0 Å². The Bertz CT molecular complexity index is 369. The highest BCUT2D eigenvalue weighted by Gasteiger charge is 2.28. The Morgan fingerprint density at radius 2 is 1.95 bits per heavy atom. The molecular formula is C17H28NO+. The molecule has 0 radical (unpaired) electrons. The van der Waals surface area contributed by atoms with E-state index in [1.807, 2.05) is 12.1 Å². The summed E-state index contributed by atoms with van der Waals surface area (Å²) in [5, 5.41) is 9.29. The van der Waals surface area contributed by atoms with Crippen LogP contribution < -0.4 is 4.90 Å². The molecule has 106 valence electrons. The molecule has 1 saturated carbocycles. The molecule has 1 aromatic carbocycles. The van der Waals surface area contributed by atoms with Gasteiger partial charge in [0.15, 0.2) is 0 Å². The summed E-state index contributed by atoms with van der Waals surface area (Å²) in [7, 11) is 0. The number of aromatic hydroxyl groups is 1. The van der Waals surface area contributed by atoms with Crippen LogP contribution in [-0.2, 0) is 6.42 Å². The van der Waals surface area contributed by atoms with E-state index in [1.54, 1.807) is 17.0 Å². The zero-order valence-electron chi connectivity index (χ0n) is 12.4. The van der Waals surface area contributed by atoms with E-state index in [4.69, 9.17) is 0 Å². The second-order valence-electron chi connectivity index (χ2n) is 6.16. The molecular weight excluding hydrogens is 234 g/mol. The quantitative estimate of drug-likeness (QED) is 0.739. The monoisotopic (exact) mass is 262 g/mol. The minimum atomic E-state index is 0.365. The summed E-state index contributed by atoms with van der Waals surface area (Å²) in [4.78, 5) is 1.80. The van der Waals surface area contributed by atoms with E-state index in [0.717, 1.165) is 18.4 Å². The van der Waals surface area contributed by atoms with Crippen molar-refractivity contribution in [3.8, 4) is 5.75 Å². The first-order valence-corrected chi connectivity index (χ1v) is 7.81. The summed E-state index contributed by atoms with van der Waals surface area (Å²) < 4.78 is 0. The molecule has 2 atom stereocenters. The van der Waals surface area contributed by atoms with Gasteiger partial charge in [-0.05, 0) is 50.3 Å². The van der Waals surface area contributed by atoms with Gasteiger partial charge in [0.1, 0.15) is 5.75 Å². The van der Waals surface area contributed by atoms with Gasteiger partial charge in [-0.2, -0.15) is 0 Å². The van der Waals surface area contributed by atoms with Gasteiger partial charge in [0, 0.05) is 12.3 Å². The Morgan fingerprint density at radius 3 is 2.53 bits per heavy atom. The fourth-order valence-electron chi connectivity index (χ4n) is 2.81. The topological polar surface area (TPSA) is 24.7 Å². The third-order valence-electron chi connectivity index (χ3n) is 4.32. The van der Waals surface area contributed by atoms with Crippen molar-refractivity contribution >= 4 is 0 Å². The van der Waals surface area contributed by atoms with Crippen LogP contribution in [0.25, 0.3) is 0 Å². The van der Waals surface area contributed by atoms with E-state index in [-0.39, 0.29) is 0 Å². The van der Waals surface area contributed by atoms with Crippen molar-refractivity contribution in [2.24, 2.45) is 5.92 Å². The molecule has 0 spiro atoms. The lowest BCUT2D eigenvalue weighted by Gasteiger charge is -2.26. The van der Waals surface area contributed by atoms with Crippen LogP contribution in [-0.4, -0.2) is 24.2 Å². The zero-order valence-corrected chi connectivity index (χ0v) is 12.4. The number of nitrogens with one attached hydrogen (secondary N) is 1. The number of quaternary nitrogens is 1. The molecule has 1 aliphatic rings. The van der Waals surface area contributed by atoms with E-state index in [9.17, 15) is 5.11 Å². The van der Waals surface area contributed by atoms with Crippen molar-refractivity contribution < 1.29 is 10.0 Å². The summed E-state index contributed by atoms with van der Waals surface area (Å²) in [6, 6.07) is 8.42. The normalized spacial score (nSPS) is 18.2. The molecule has 0 aromatic heterocycles. The molecule has 2 rings (SSSR count). The summed E-state index contributed by atoms with van der Waals surface area (Å²) >= 11 is 0. The first-order valence-electron chi connectivity index (χ1n) is 7.81. The third kappa shape index (κ3) is 4.87. The van der Waals surface area contributed by atoms with Crippen molar-refractivity contribution in [1.82, 2.24) is 0 Å². The lowest BCUT2D eigenvalue weighted by atomic mass is 10.0. The number of benzene rings is 1. The Hall–Kier alpha value is -1.02. The van der Waals surface area contributed by atoms with Crippen LogP contribution >= 0.6 is 0 Å². The lowest BCUT2D eigenvalue weighted by molar-refractivity contribution is -0.925. The number of hydrogen-bond acceptors (Lipinski definition) is 1. The molecule has 2 nitrogen and oxygen atoms in total. The fourth-order valence-corrected chi connectivity index (χ4v) is 2.81. The average Bonchev–Trinajstić information content (AvgIpc) is 3.21. The Kier molecular flexibility index (Phi) is 5.26. The standard InChI is InChI=1S/C17H27NO/c1-3-12-18(13-16-6-7-16)14(2)4-5-15-8-10-17(19)11-9-15/h8-11,14,16,19H,3-7,12-13H2,1-2H3/p+1/t14-/m0/s1. The molecule has 1 aliphatic carbocycles.